The number of nitro benzene ring substituents is 1. The molecule has 27 heavy (non-hydrogen) atoms. The van der Waals surface area contributed by atoms with Crippen molar-refractivity contribution in [1.82, 2.24) is 9.78 Å². The van der Waals surface area contributed by atoms with E-state index in [-0.39, 0.29) is 11.4 Å². The summed E-state index contributed by atoms with van der Waals surface area (Å²) in [6.07, 6.45) is -1.08. The van der Waals surface area contributed by atoms with Crippen LogP contribution >= 0.6 is 0 Å². The fourth-order valence-electron chi connectivity index (χ4n) is 2.33. The van der Waals surface area contributed by atoms with Crippen molar-refractivity contribution in [1.29, 1.82) is 0 Å². The Bertz CT molecular complexity index is 876. The van der Waals surface area contributed by atoms with Crippen LogP contribution in [-0.2, 0) is 21.4 Å². The topological polar surface area (TPSA) is 126 Å². The highest BCUT2D eigenvalue weighted by Gasteiger charge is 2.22. The zero-order valence-corrected chi connectivity index (χ0v) is 15.4. The molecule has 1 aromatic carbocycles. The summed E-state index contributed by atoms with van der Waals surface area (Å²) in [7, 11) is 1.75. The van der Waals surface area contributed by atoms with Crippen molar-refractivity contribution in [3.05, 3.63) is 45.8 Å². The average Bonchev–Trinajstić information content (AvgIpc) is 2.86. The molecule has 0 radical (unpaired) electrons. The van der Waals surface area contributed by atoms with Gasteiger partial charge in [0.2, 0.25) is 0 Å². The molecule has 10 heteroatoms. The third-order valence-electron chi connectivity index (χ3n) is 3.84. The zero-order valence-electron chi connectivity index (χ0n) is 15.4. The van der Waals surface area contributed by atoms with Gasteiger partial charge in [-0.25, -0.2) is 4.79 Å². The van der Waals surface area contributed by atoms with E-state index in [0.717, 1.165) is 5.69 Å². The molecular weight excluding hydrogens is 356 g/mol. The molecule has 1 amide bonds. The molecule has 0 saturated carbocycles. The van der Waals surface area contributed by atoms with Crippen molar-refractivity contribution in [2.24, 2.45) is 7.05 Å². The number of carbonyl (C=O) groups is 2. The minimum absolute atomic E-state index is 0.0573. The number of carbonyl (C=O) groups excluding carboxylic acids is 2. The highest BCUT2D eigenvalue weighted by Crippen LogP contribution is 2.25. The lowest BCUT2D eigenvalue weighted by Crippen LogP contribution is -2.32. The summed E-state index contributed by atoms with van der Waals surface area (Å²) in [5.41, 5.74) is 1.70. The van der Waals surface area contributed by atoms with E-state index in [1.54, 1.807) is 31.6 Å². The molecular formula is C17H20N4O6. The van der Waals surface area contributed by atoms with Gasteiger partial charge in [-0.15, -0.1) is 0 Å². The number of hydrogen-bond acceptors (Lipinski definition) is 7. The zero-order chi connectivity index (χ0) is 20.1. The van der Waals surface area contributed by atoms with Crippen LogP contribution in [0.15, 0.2) is 24.3 Å². The number of ether oxygens (including phenoxy) is 2. The molecule has 10 nitrogen and oxygen atoms in total. The van der Waals surface area contributed by atoms with Crippen molar-refractivity contribution < 1.29 is 24.0 Å². The fraction of sp³-hybridized carbons (Fsp3) is 0.353. The summed E-state index contributed by atoms with van der Waals surface area (Å²) >= 11 is 0. The number of benzene rings is 1. The first kappa shape index (κ1) is 19.9. The smallest absolute Gasteiger partial charge is 0.344 e. The van der Waals surface area contributed by atoms with E-state index in [2.05, 4.69) is 10.4 Å². The van der Waals surface area contributed by atoms with E-state index in [4.69, 9.17) is 9.47 Å². The van der Waals surface area contributed by atoms with E-state index in [0.29, 0.717) is 11.4 Å². The maximum Gasteiger partial charge on any atom is 0.344 e. The minimum Gasteiger partial charge on any atom is -0.475 e. The van der Waals surface area contributed by atoms with Crippen molar-refractivity contribution in [2.75, 3.05) is 11.9 Å². The highest BCUT2D eigenvalue weighted by atomic mass is 16.6. The van der Waals surface area contributed by atoms with Gasteiger partial charge >= 0.3 is 11.7 Å². The van der Waals surface area contributed by atoms with Crippen LogP contribution in [0.1, 0.15) is 18.3 Å². The van der Waals surface area contributed by atoms with Gasteiger partial charge in [-0.1, -0.05) is 12.1 Å². The molecule has 1 N–H and O–H groups in total. The van der Waals surface area contributed by atoms with Gasteiger partial charge in [0.05, 0.1) is 22.0 Å². The SMILES string of the molecule is Cc1nn(C)c(C)c1NC(=O)[C@H](C)OC(=O)COc1ccccc1[N+](=O)[O-]. The molecule has 2 aromatic rings. The summed E-state index contributed by atoms with van der Waals surface area (Å²) in [6, 6.07) is 5.66. The number of rotatable bonds is 7. The number of anilines is 1. The van der Waals surface area contributed by atoms with E-state index < -0.39 is 29.5 Å². The number of hydrogen-bond donors (Lipinski definition) is 1. The Labute approximate surface area is 155 Å². The second-order valence-corrected chi connectivity index (χ2v) is 5.80. The fourth-order valence-corrected chi connectivity index (χ4v) is 2.33. The van der Waals surface area contributed by atoms with Gasteiger partial charge in [-0.05, 0) is 26.8 Å². The molecule has 1 atom stereocenters. The Balaban J connectivity index is 1.92. The monoisotopic (exact) mass is 376 g/mol. The number of aromatic nitrogens is 2. The molecule has 0 spiro atoms. The van der Waals surface area contributed by atoms with Gasteiger partial charge in [0.1, 0.15) is 0 Å². The number of amides is 1. The summed E-state index contributed by atoms with van der Waals surface area (Å²) in [5.74, 6) is -1.40. The summed E-state index contributed by atoms with van der Waals surface area (Å²) in [6.45, 7) is 4.40. The number of para-hydroxylation sites is 2. The molecule has 1 heterocycles. The quantitative estimate of drug-likeness (QED) is 0.444. The third kappa shape index (κ3) is 4.81. The van der Waals surface area contributed by atoms with Crippen LogP contribution in [0.3, 0.4) is 0 Å². The number of aryl methyl sites for hydroxylation is 2. The first-order valence-electron chi connectivity index (χ1n) is 8.07. The van der Waals surface area contributed by atoms with Crippen LogP contribution in [0.2, 0.25) is 0 Å². The highest BCUT2D eigenvalue weighted by molar-refractivity contribution is 5.96. The first-order valence-corrected chi connectivity index (χ1v) is 8.07. The predicted octanol–water partition coefficient (Wildman–Crippen LogP) is 1.89. The van der Waals surface area contributed by atoms with E-state index >= 15 is 0 Å². The maximum atomic E-state index is 12.2. The molecule has 0 saturated heterocycles. The second kappa shape index (κ2) is 8.30. The molecule has 144 valence electrons. The number of esters is 1. The molecule has 1 aromatic heterocycles. The third-order valence-corrected chi connectivity index (χ3v) is 3.84. The lowest BCUT2D eigenvalue weighted by molar-refractivity contribution is -0.385. The van der Waals surface area contributed by atoms with Gasteiger partial charge in [0, 0.05) is 13.1 Å². The Hall–Kier alpha value is -3.43. The Morgan fingerprint density at radius 2 is 2.00 bits per heavy atom. The standard InChI is InChI=1S/C17H20N4O6/c1-10-16(11(2)20(4)19-10)18-17(23)12(3)27-15(22)9-26-14-8-6-5-7-13(14)21(24)25/h5-8,12H,9H2,1-4H3,(H,18,23)/t12-/m0/s1. The van der Waals surface area contributed by atoms with E-state index in [1.165, 1.54) is 25.1 Å². The number of nitro groups is 1. The Morgan fingerprint density at radius 3 is 2.59 bits per heavy atom. The van der Waals surface area contributed by atoms with Gasteiger partial charge in [-0.3, -0.25) is 19.6 Å². The van der Waals surface area contributed by atoms with Crippen molar-refractivity contribution >= 4 is 23.3 Å². The largest absolute Gasteiger partial charge is 0.475 e. The first-order chi connectivity index (χ1) is 12.7. The molecule has 0 aliphatic rings. The summed E-state index contributed by atoms with van der Waals surface area (Å²) < 4.78 is 11.8. The number of nitrogens with zero attached hydrogens (tertiary/aromatic N) is 3. The van der Waals surface area contributed by atoms with Gasteiger partial charge in [0.15, 0.2) is 18.5 Å². The Kier molecular flexibility index (Phi) is 6.11. The minimum atomic E-state index is -1.08. The van der Waals surface area contributed by atoms with E-state index in [1.807, 2.05) is 0 Å². The van der Waals surface area contributed by atoms with Crippen molar-refractivity contribution in [3.63, 3.8) is 0 Å². The summed E-state index contributed by atoms with van der Waals surface area (Å²) in [5, 5.41) is 17.8. The van der Waals surface area contributed by atoms with Crippen LogP contribution in [0.25, 0.3) is 0 Å². The van der Waals surface area contributed by atoms with Crippen LogP contribution in [0.4, 0.5) is 11.4 Å². The van der Waals surface area contributed by atoms with Crippen molar-refractivity contribution in [3.8, 4) is 5.75 Å². The van der Waals surface area contributed by atoms with Crippen LogP contribution in [0.5, 0.6) is 5.75 Å². The molecule has 0 unspecified atom stereocenters. The maximum absolute atomic E-state index is 12.2. The lowest BCUT2D eigenvalue weighted by Gasteiger charge is -2.14. The van der Waals surface area contributed by atoms with Crippen LogP contribution in [-0.4, -0.2) is 39.3 Å². The summed E-state index contributed by atoms with van der Waals surface area (Å²) in [4.78, 5) is 34.4. The molecule has 0 aliphatic carbocycles. The van der Waals surface area contributed by atoms with Crippen LogP contribution < -0.4 is 10.1 Å². The van der Waals surface area contributed by atoms with Crippen LogP contribution in [0, 0.1) is 24.0 Å². The molecule has 0 fully saturated rings. The molecule has 0 bridgehead atoms. The Morgan fingerprint density at radius 1 is 1.33 bits per heavy atom. The van der Waals surface area contributed by atoms with Gasteiger partial charge < -0.3 is 14.8 Å². The van der Waals surface area contributed by atoms with E-state index in [9.17, 15) is 19.7 Å². The average molecular weight is 376 g/mol. The van der Waals surface area contributed by atoms with Crippen molar-refractivity contribution in [2.45, 2.75) is 26.9 Å². The molecule has 2 rings (SSSR count). The predicted molar refractivity (Wildman–Crippen MR) is 95.5 cm³/mol. The normalized spacial score (nSPS) is 11.6. The number of nitrogens with one attached hydrogen (secondary N) is 1. The molecule has 0 aliphatic heterocycles. The van der Waals surface area contributed by atoms with Gasteiger partial charge in [-0.2, -0.15) is 5.10 Å². The second-order valence-electron chi connectivity index (χ2n) is 5.80. The lowest BCUT2D eigenvalue weighted by atomic mass is 10.3. The van der Waals surface area contributed by atoms with Gasteiger partial charge in [0.25, 0.3) is 5.91 Å².